The van der Waals surface area contributed by atoms with E-state index >= 15 is 0 Å². The van der Waals surface area contributed by atoms with E-state index in [2.05, 4.69) is 4.98 Å². The van der Waals surface area contributed by atoms with Gasteiger partial charge >= 0.3 is 0 Å². The molecule has 0 aliphatic carbocycles. The van der Waals surface area contributed by atoms with E-state index in [1.807, 2.05) is 54.6 Å². The molecule has 0 bridgehead atoms. The summed E-state index contributed by atoms with van der Waals surface area (Å²) >= 11 is 0. The van der Waals surface area contributed by atoms with E-state index in [-0.39, 0.29) is 6.54 Å². The Balaban J connectivity index is 1.80. The fourth-order valence-electron chi connectivity index (χ4n) is 2.36. The number of rotatable bonds is 7. The van der Waals surface area contributed by atoms with Crippen LogP contribution in [0.1, 0.15) is 17.4 Å². The Bertz CT molecular complexity index is 809. The number of aromatic nitrogens is 1. The van der Waals surface area contributed by atoms with Crippen LogP contribution in [0.15, 0.2) is 72.9 Å². The van der Waals surface area contributed by atoms with Crippen LogP contribution >= 0.6 is 0 Å². The van der Waals surface area contributed by atoms with Crippen LogP contribution in [0.2, 0.25) is 0 Å². The lowest BCUT2D eigenvalue weighted by molar-refractivity contribution is 0.178. The molecule has 2 aromatic carbocycles. The topological polar surface area (TPSA) is 77.6 Å². The number of aliphatic hydroxyl groups excluding tert-OH is 1. The third-order valence-electron chi connectivity index (χ3n) is 3.64. The standard InChI is InChI=1S/C20H20N2O3/c21-13-16(23)20-19(11-6-12-22-20)25-18-10-5-4-9-17(18)24-14-15-7-2-1-3-8-15/h1-12,16,23H,13-14,21H2. The van der Waals surface area contributed by atoms with Gasteiger partial charge in [0.25, 0.3) is 0 Å². The van der Waals surface area contributed by atoms with Crippen molar-refractivity contribution in [3.8, 4) is 17.2 Å². The van der Waals surface area contributed by atoms with Crippen molar-refractivity contribution in [1.82, 2.24) is 4.98 Å². The molecule has 0 saturated carbocycles. The first-order chi connectivity index (χ1) is 12.3. The van der Waals surface area contributed by atoms with E-state index in [0.29, 0.717) is 29.5 Å². The maximum atomic E-state index is 10.0. The molecule has 1 aromatic heterocycles. The second kappa shape index (κ2) is 8.28. The van der Waals surface area contributed by atoms with Crippen molar-refractivity contribution in [3.63, 3.8) is 0 Å². The lowest BCUT2D eigenvalue weighted by Gasteiger charge is -2.16. The van der Waals surface area contributed by atoms with Crippen LogP contribution in [-0.4, -0.2) is 16.6 Å². The van der Waals surface area contributed by atoms with Crippen molar-refractivity contribution < 1.29 is 14.6 Å². The molecule has 0 spiro atoms. The van der Waals surface area contributed by atoms with Gasteiger partial charge in [0.1, 0.15) is 18.4 Å². The monoisotopic (exact) mass is 336 g/mol. The third kappa shape index (κ3) is 4.35. The van der Waals surface area contributed by atoms with Crippen LogP contribution in [0.4, 0.5) is 0 Å². The van der Waals surface area contributed by atoms with Gasteiger partial charge in [-0.15, -0.1) is 0 Å². The molecular weight excluding hydrogens is 316 g/mol. The van der Waals surface area contributed by atoms with E-state index in [9.17, 15) is 5.11 Å². The van der Waals surface area contributed by atoms with E-state index in [0.717, 1.165) is 5.56 Å². The van der Waals surface area contributed by atoms with Crippen molar-refractivity contribution in [2.24, 2.45) is 5.73 Å². The molecule has 1 unspecified atom stereocenters. The van der Waals surface area contributed by atoms with Crippen molar-refractivity contribution in [3.05, 3.63) is 84.2 Å². The Kier molecular flexibility index (Phi) is 5.61. The van der Waals surface area contributed by atoms with E-state index in [4.69, 9.17) is 15.2 Å². The predicted molar refractivity (Wildman–Crippen MR) is 95.5 cm³/mol. The van der Waals surface area contributed by atoms with E-state index in [1.54, 1.807) is 18.3 Å². The maximum Gasteiger partial charge on any atom is 0.169 e. The van der Waals surface area contributed by atoms with Crippen LogP contribution in [0.5, 0.6) is 17.2 Å². The molecular formula is C20H20N2O3. The van der Waals surface area contributed by atoms with Gasteiger partial charge in [-0.1, -0.05) is 42.5 Å². The van der Waals surface area contributed by atoms with Gasteiger partial charge in [0.2, 0.25) is 0 Å². The fourth-order valence-corrected chi connectivity index (χ4v) is 2.36. The minimum atomic E-state index is -0.881. The Morgan fingerprint density at radius 2 is 1.56 bits per heavy atom. The van der Waals surface area contributed by atoms with E-state index < -0.39 is 6.10 Å². The van der Waals surface area contributed by atoms with Crippen molar-refractivity contribution >= 4 is 0 Å². The molecule has 25 heavy (non-hydrogen) atoms. The molecule has 5 heteroatoms. The Morgan fingerprint density at radius 3 is 2.32 bits per heavy atom. The molecule has 3 rings (SSSR count). The van der Waals surface area contributed by atoms with Gasteiger partial charge in [0.05, 0.1) is 0 Å². The molecule has 0 radical (unpaired) electrons. The summed E-state index contributed by atoms with van der Waals surface area (Å²) in [6.45, 7) is 0.506. The number of nitrogens with zero attached hydrogens (tertiary/aromatic N) is 1. The Labute approximate surface area is 146 Å². The zero-order valence-electron chi connectivity index (χ0n) is 13.7. The summed E-state index contributed by atoms with van der Waals surface area (Å²) in [5, 5.41) is 10.0. The maximum absolute atomic E-state index is 10.0. The summed E-state index contributed by atoms with van der Waals surface area (Å²) in [6.07, 6.45) is 0.715. The van der Waals surface area contributed by atoms with Gasteiger partial charge in [-0.3, -0.25) is 4.98 Å². The highest BCUT2D eigenvalue weighted by molar-refractivity contribution is 5.44. The highest BCUT2D eigenvalue weighted by Crippen LogP contribution is 2.34. The number of hydrogen-bond acceptors (Lipinski definition) is 5. The molecule has 1 heterocycles. The Morgan fingerprint density at radius 1 is 0.880 bits per heavy atom. The molecule has 0 aliphatic rings. The molecule has 3 N–H and O–H groups in total. The third-order valence-corrected chi connectivity index (χ3v) is 3.64. The summed E-state index contributed by atoms with van der Waals surface area (Å²) < 4.78 is 11.8. The summed E-state index contributed by atoms with van der Waals surface area (Å²) in [5.74, 6) is 1.62. The number of pyridine rings is 1. The highest BCUT2D eigenvalue weighted by Gasteiger charge is 2.15. The number of nitrogens with two attached hydrogens (primary N) is 1. The first-order valence-electron chi connectivity index (χ1n) is 8.04. The zero-order chi connectivity index (χ0) is 17.5. The van der Waals surface area contributed by atoms with Gasteiger partial charge in [0, 0.05) is 12.7 Å². The average Bonchev–Trinajstić information content (AvgIpc) is 2.68. The second-order valence-electron chi connectivity index (χ2n) is 5.46. The lowest BCUT2D eigenvalue weighted by Crippen LogP contribution is -2.13. The number of ether oxygens (including phenoxy) is 2. The minimum Gasteiger partial charge on any atom is -0.485 e. The molecule has 0 saturated heterocycles. The van der Waals surface area contributed by atoms with Crippen molar-refractivity contribution in [2.75, 3.05) is 6.54 Å². The van der Waals surface area contributed by atoms with Crippen LogP contribution < -0.4 is 15.2 Å². The van der Waals surface area contributed by atoms with Crippen LogP contribution in [0.3, 0.4) is 0 Å². The molecule has 5 nitrogen and oxygen atoms in total. The lowest BCUT2D eigenvalue weighted by atomic mass is 10.2. The zero-order valence-corrected chi connectivity index (χ0v) is 13.7. The molecule has 3 aromatic rings. The molecule has 0 amide bonds. The second-order valence-corrected chi connectivity index (χ2v) is 5.46. The number of aliphatic hydroxyl groups is 1. The van der Waals surface area contributed by atoms with E-state index in [1.165, 1.54) is 0 Å². The molecule has 0 fully saturated rings. The minimum absolute atomic E-state index is 0.0690. The van der Waals surface area contributed by atoms with Crippen molar-refractivity contribution in [2.45, 2.75) is 12.7 Å². The number of benzene rings is 2. The first kappa shape index (κ1) is 17.0. The fraction of sp³-hybridized carbons (Fsp3) is 0.150. The Hall–Kier alpha value is -2.89. The van der Waals surface area contributed by atoms with Gasteiger partial charge in [0.15, 0.2) is 17.2 Å². The predicted octanol–water partition coefficient (Wildman–Crippen LogP) is 3.45. The van der Waals surface area contributed by atoms with Gasteiger partial charge in [-0.2, -0.15) is 0 Å². The van der Waals surface area contributed by atoms with Gasteiger partial charge in [-0.05, 0) is 29.8 Å². The summed E-state index contributed by atoms with van der Waals surface area (Å²) in [7, 11) is 0. The average molecular weight is 336 g/mol. The smallest absolute Gasteiger partial charge is 0.169 e. The van der Waals surface area contributed by atoms with Gasteiger partial charge < -0.3 is 20.3 Å². The first-order valence-corrected chi connectivity index (χ1v) is 8.04. The quantitative estimate of drug-likeness (QED) is 0.691. The molecule has 1 atom stereocenters. The summed E-state index contributed by atoms with van der Waals surface area (Å²) in [4.78, 5) is 4.17. The number of para-hydroxylation sites is 2. The molecule has 0 aliphatic heterocycles. The normalized spacial score (nSPS) is 11.8. The molecule has 128 valence electrons. The van der Waals surface area contributed by atoms with Crippen LogP contribution in [-0.2, 0) is 6.61 Å². The van der Waals surface area contributed by atoms with Crippen LogP contribution in [0, 0.1) is 0 Å². The van der Waals surface area contributed by atoms with Crippen molar-refractivity contribution in [1.29, 1.82) is 0 Å². The summed E-state index contributed by atoms with van der Waals surface area (Å²) in [6, 6.07) is 20.8. The summed E-state index contributed by atoms with van der Waals surface area (Å²) in [5.41, 5.74) is 7.01. The number of hydrogen-bond donors (Lipinski definition) is 2. The largest absolute Gasteiger partial charge is 0.485 e. The van der Waals surface area contributed by atoms with Crippen LogP contribution in [0.25, 0.3) is 0 Å². The highest BCUT2D eigenvalue weighted by atomic mass is 16.5. The van der Waals surface area contributed by atoms with Gasteiger partial charge in [-0.25, -0.2) is 0 Å². The SMILES string of the molecule is NCC(O)c1ncccc1Oc1ccccc1OCc1ccccc1.